The van der Waals surface area contributed by atoms with Crippen LogP contribution in [-0.2, 0) is 23.2 Å². The van der Waals surface area contributed by atoms with Crippen LogP contribution >= 0.6 is 12.9 Å². The number of allylic oxidation sites excluding steroid dienone is 2. The van der Waals surface area contributed by atoms with Crippen LogP contribution in [0.15, 0.2) is 35.9 Å². The van der Waals surface area contributed by atoms with E-state index in [4.69, 9.17) is 15.2 Å². The fourth-order valence-corrected chi connectivity index (χ4v) is 1.89. The predicted molar refractivity (Wildman–Crippen MR) is 91.5 cm³/mol. The summed E-state index contributed by atoms with van der Waals surface area (Å²) in [7, 11) is 2.85. The fourth-order valence-electron chi connectivity index (χ4n) is 1.89. The fraction of sp³-hybridized carbons (Fsp3) is 0.467. The lowest BCUT2D eigenvalue weighted by Crippen LogP contribution is -2.33. The Balaban J connectivity index is 0.00000163. The first-order valence-corrected chi connectivity index (χ1v) is 7.38. The second kappa shape index (κ2) is 11.5. The summed E-state index contributed by atoms with van der Waals surface area (Å²) >= 11 is 3.29. The van der Waals surface area contributed by atoms with Gasteiger partial charge in [0, 0.05) is 33.2 Å². The number of esters is 1. The summed E-state index contributed by atoms with van der Waals surface area (Å²) in [5.74, 6) is -0.763. The van der Waals surface area contributed by atoms with Gasteiger partial charge in [0.05, 0.1) is 13.2 Å². The zero-order valence-electron chi connectivity index (χ0n) is 14.0. The maximum absolute atomic E-state index is 12.1. The second-order valence-corrected chi connectivity index (χ2v) is 5.07. The van der Waals surface area contributed by atoms with Gasteiger partial charge in [-0.1, -0.05) is 6.58 Å². The van der Waals surface area contributed by atoms with E-state index in [0.717, 1.165) is 0 Å². The van der Waals surface area contributed by atoms with Crippen LogP contribution < -0.4 is 5.73 Å². The lowest BCUT2D eigenvalue weighted by Gasteiger charge is -2.16. The number of aliphatic hydroxyl groups is 1. The van der Waals surface area contributed by atoms with E-state index in [9.17, 15) is 14.7 Å². The van der Waals surface area contributed by atoms with Gasteiger partial charge in [-0.2, -0.15) is 0 Å². The highest BCUT2D eigenvalue weighted by Crippen LogP contribution is 2.15. The monoisotopic (exact) mass is 360 g/mol. The van der Waals surface area contributed by atoms with E-state index in [0.29, 0.717) is 13.0 Å². The first-order chi connectivity index (χ1) is 11.3. The Hall–Kier alpha value is -1.97. The molecule has 0 bridgehead atoms. The molecule has 0 aromatic carbocycles. The van der Waals surface area contributed by atoms with Crippen LogP contribution in [0.1, 0.15) is 13.3 Å². The Morgan fingerprint density at radius 1 is 1.38 bits per heavy atom. The molecule has 1 amide bonds. The summed E-state index contributed by atoms with van der Waals surface area (Å²) in [6.07, 6.45) is 2.56. The molecule has 3 N–H and O–H groups in total. The number of rotatable bonds is 5. The molecule has 0 spiro atoms. The molecular weight excluding hydrogens is 336 g/mol. The first kappa shape index (κ1) is 22.0. The van der Waals surface area contributed by atoms with Gasteiger partial charge in [-0.15, -0.1) is 0 Å². The first-order valence-electron chi connectivity index (χ1n) is 7.01. The largest absolute Gasteiger partial charge is 0.493 e. The third kappa shape index (κ3) is 7.53. The van der Waals surface area contributed by atoms with E-state index in [1.54, 1.807) is 0 Å². The number of thiol groups is 1. The summed E-state index contributed by atoms with van der Waals surface area (Å²) in [6.45, 7) is 5.44. The minimum atomic E-state index is -0.541. The van der Waals surface area contributed by atoms with Gasteiger partial charge >= 0.3 is 5.97 Å². The van der Waals surface area contributed by atoms with Crippen molar-refractivity contribution in [2.45, 2.75) is 19.4 Å². The molecule has 1 rings (SSSR count). The van der Waals surface area contributed by atoms with Crippen LogP contribution in [-0.4, -0.2) is 55.3 Å². The minimum absolute atomic E-state index is 0.0715. The molecule has 0 aliphatic carbocycles. The number of carbonyl (C=O) groups excluding carboxylic acids is 2. The Morgan fingerprint density at radius 2 is 1.96 bits per heavy atom. The number of nitrogens with two attached hydrogens (primary N) is 1. The number of nitrogens with zero attached hydrogens (tertiary/aromatic N) is 1. The van der Waals surface area contributed by atoms with Crippen molar-refractivity contribution >= 4 is 24.8 Å². The summed E-state index contributed by atoms with van der Waals surface area (Å²) in [5.41, 5.74) is 5.67. The number of β-amino-alcohol motifs (C(OH)–C–C–N with tert-alkyl or cyclic N) is 1. The van der Waals surface area contributed by atoms with E-state index in [1.807, 2.05) is 0 Å². The summed E-state index contributed by atoms with van der Waals surface area (Å²) < 4.78 is 13.9. The molecule has 0 saturated carbocycles. The van der Waals surface area contributed by atoms with Crippen molar-refractivity contribution in [2.24, 2.45) is 5.73 Å². The number of carbonyl (C=O) groups is 2. The molecule has 8 nitrogen and oxygen atoms in total. The number of hydrogen-bond acceptors (Lipinski definition) is 8. The van der Waals surface area contributed by atoms with Crippen LogP contribution in [0.4, 0.5) is 0 Å². The molecule has 1 aliphatic heterocycles. The topological polar surface area (TPSA) is 111 Å². The highest BCUT2D eigenvalue weighted by molar-refractivity contribution is 7.75. The van der Waals surface area contributed by atoms with Gasteiger partial charge in [0.15, 0.2) is 11.5 Å². The minimum Gasteiger partial charge on any atom is -0.493 e. The molecular formula is C15H24N2O6S. The quantitative estimate of drug-likeness (QED) is 0.164. The van der Waals surface area contributed by atoms with Crippen molar-refractivity contribution in [3.05, 3.63) is 35.9 Å². The number of likely N-dealkylation sites (tertiary alicyclic amines) is 1. The molecule has 1 saturated heterocycles. The SMILES string of the molecule is C=C/C(OC(C)=O)=C(\C=C(/N)C(=O)N1CCC(O)C1)OC.COS. The molecule has 0 radical (unpaired) electrons. The lowest BCUT2D eigenvalue weighted by atomic mass is 10.3. The van der Waals surface area contributed by atoms with E-state index < -0.39 is 18.0 Å². The zero-order chi connectivity index (χ0) is 18.7. The summed E-state index contributed by atoms with van der Waals surface area (Å²) in [5, 5.41) is 9.42. The van der Waals surface area contributed by atoms with E-state index in [2.05, 4.69) is 23.7 Å². The number of methoxy groups -OCH3 is 1. The highest BCUT2D eigenvalue weighted by atomic mass is 32.1. The van der Waals surface area contributed by atoms with Crippen molar-refractivity contribution in [3.8, 4) is 0 Å². The summed E-state index contributed by atoms with van der Waals surface area (Å²) in [4.78, 5) is 24.5. The maximum atomic E-state index is 12.1. The van der Waals surface area contributed by atoms with Crippen molar-refractivity contribution in [1.82, 2.24) is 4.90 Å². The van der Waals surface area contributed by atoms with Crippen LogP contribution in [0.25, 0.3) is 0 Å². The average Bonchev–Trinajstić information content (AvgIpc) is 2.96. The molecule has 9 heteroatoms. The van der Waals surface area contributed by atoms with Gasteiger partial charge < -0.3 is 29.4 Å². The molecule has 1 unspecified atom stereocenters. The summed E-state index contributed by atoms with van der Waals surface area (Å²) in [6, 6.07) is 0. The normalized spacial score (nSPS) is 18.1. The third-order valence-corrected chi connectivity index (χ3v) is 2.89. The van der Waals surface area contributed by atoms with Crippen molar-refractivity contribution in [1.29, 1.82) is 0 Å². The van der Waals surface area contributed by atoms with Gasteiger partial charge in [0.1, 0.15) is 5.70 Å². The van der Waals surface area contributed by atoms with Crippen molar-refractivity contribution in [3.63, 3.8) is 0 Å². The highest BCUT2D eigenvalue weighted by Gasteiger charge is 2.26. The van der Waals surface area contributed by atoms with E-state index >= 15 is 0 Å². The van der Waals surface area contributed by atoms with E-state index in [1.165, 1.54) is 38.2 Å². The zero-order valence-corrected chi connectivity index (χ0v) is 14.9. The van der Waals surface area contributed by atoms with Crippen LogP contribution in [0.5, 0.6) is 0 Å². The molecule has 0 aromatic heterocycles. The van der Waals surface area contributed by atoms with Crippen LogP contribution in [0.2, 0.25) is 0 Å². The van der Waals surface area contributed by atoms with E-state index in [-0.39, 0.29) is 23.8 Å². The van der Waals surface area contributed by atoms with Crippen LogP contribution in [0.3, 0.4) is 0 Å². The second-order valence-electron chi connectivity index (χ2n) is 4.71. The van der Waals surface area contributed by atoms with Gasteiger partial charge in [0.25, 0.3) is 5.91 Å². The van der Waals surface area contributed by atoms with Crippen molar-refractivity contribution < 1.29 is 28.4 Å². The molecule has 1 heterocycles. The molecule has 1 aliphatic rings. The third-order valence-electron chi connectivity index (χ3n) is 2.89. The Kier molecular flexibility index (Phi) is 10.6. The van der Waals surface area contributed by atoms with Crippen molar-refractivity contribution in [2.75, 3.05) is 27.3 Å². The number of aliphatic hydroxyl groups excluding tert-OH is 1. The molecule has 1 atom stereocenters. The smallest absolute Gasteiger partial charge is 0.308 e. The Bertz CT molecular complexity index is 518. The Labute approximate surface area is 147 Å². The molecule has 136 valence electrons. The standard InChI is InChI=1S/C14H20N2O5.CH4OS/c1-4-12(21-9(2)17)13(20-3)7-11(15)14(19)16-6-5-10(18)8-16;1-2-3/h4,7,10,18H,1,5-6,8,15H2,2-3H3;3H,1H3/b11-7-,13-12-;. The maximum Gasteiger partial charge on any atom is 0.308 e. The van der Waals surface area contributed by atoms with Gasteiger partial charge in [-0.3, -0.25) is 9.59 Å². The van der Waals surface area contributed by atoms with Crippen LogP contribution in [0, 0.1) is 0 Å². The predicted octanol–water partition coefficient (Wildman–Crippen LogP) is 0.507. The average molecular weight is 360 g/mol. The number of hydrogen-bond donors (Lipinski definition) is 3. The van der Waals surface area contributed by atoms with Gasteiger partial charge in [-0.05, 0) is 25.4 Å². The number of ether oxygens (including phenoxy) is 2. The lowest BCUT2D eigenvalue weighted by molar-refractivity contribution is -0.136. The molecule has 0 aromatic rings. The van der Waals surface area contributed by atoms with Gasteiger partial charge in [0.2, 0.25) is 0 Å². The molecule has 24 heavy (non-hydrogen) atoms. The number of amides is 1. The molecule has 1 fully saturated rings. The van der Waals surface area contributed by atoms with Gasteiger partial charge in [-0.25, -0.2) is 0 Å². The Morgan fingerprint density at radius 3 is 2.33 bits per heavy atom.